The first kappa shape index (κ1) is 20.2. The average Bonchev–Trinajstić information content (AvgIpc) is 3.02. The Morgan fingerprint density at radius 1 is 1.00 bits per heavy atom. The van der Waals surface area contributed by atoms with Gasteiger partial charge in [-0.2, -0.15) is 0 Å². The summed E-state index contributed by atoms with van der Waals surface area (Å²) in [5.41, 5.74) is 0.940. The Morgan fingerprint density at radius 3 is 2.41 bits per heavy atom. The Hall–Kier alpha value is -3.52. The van der Waals surface area contributed by atoms with Crippen LogP contribution < -0.4 is 23.7 Å². The number of allylic oxidation sites excluding steroid dienone is 1. The highest BCUT2D eigenvalue weighted by Crippen LogP contribution is 2.42. The molecule has 0 atom stereocenters. The molecule has 29 heavy (non-hydrogen) atoms. The minimum atomic E-state index is -0.553. The number of methoxy groups -OCH3 is 4. The highest BCUT2D eigenvalue weighted by Gasteiger charge is 2.29. The summed E-state index contributed by atoms with van der Waals surface area (Å²) < 4.78 is 31.6. The molecule has 2 aromatic carbocycles. The van der Waals surface area contributed by atoms with E-state index in [1.807, 2.05) is 0 Å². The standard InChI is InChI=1S/C21H20O8/c1-24-11-18(22)28-13-6-7-14-16(10-13)29-17(19(14)23)9-12-5-8-15(25-2)21(27-4)20(12)26-3/h5-10H,11H2,1-4H3/b17-9-. The van der Waals surface area contributed by atoms with Crippen LogP contribution in [0.2, 0.25) is 0 Å². The van der Waals surface area contributed by atoms with Gasteiger partial charge >= 0.3 is 5.97 Å². The van der Waals surface area contributed by atoms with Gasteiger partial charge in [-0.15, -0.1) is 0 Å². The minimum absolute atomic E-state index is 0.103. The molecule has 152 valence electrons. The minimum Gasteiger partial charge on any atom is -0.493 e. The lowest BCUT2D eigenvalue weighted by atomic mass is 10.1. The molecule has 0 spiro atoms. The van der Waals surface area contributed by atoms with Gasteiger partial charge in [-0.05, 0) is 30.3 Å². The molecule has 1 aliphatic rings. The molecule has 0 radical (unpaired) electrons. The lowest BCUT2D eigenvalue weighted by Crippen LogP contribution is -2.14. The Kier molecular flexibility index (Phi) is 6.04. The number of ether oxygens (including phenoxy) is 6. The summed E-state index contributed by atoms with van der Waals surface area (Å²) >= 11 is 0. The normalized spacial score (nSPS) is 13.7. The van der Waals surface area contributed by atoms with Crippen LogP contribution in [-0.2, 0) is 9.53 Å². The zero-order valence-corrected chi connectivity index (χ0v) is 16.4. The van der Waals surface area contributed by atoms with Crippen LogP contribution in [0.4, 0.5) is 0 Å². The third kappa shape index (κ3) is 4.02. The van der Waals surface area contributed by atoms with Crippen molar-refractivity contribution in [3.05, 3.63) is 47.2 Å². The van der Waals surface area contributed by atoms with Gasteiger partial charge in [-0.25, -0.2) is 4.79 Å². The molecule has 1 aliphatic heterocycles. The van der Waals surface area contributed by atoms with Gasteiger partial charge in [0.15, 0.2) is 17.3 Å². The summed E-state index contributed by atoms with van der Waals surface area (Å²) in [7, 11) is 5.90. The first-order chi connectivity index (χ1) is 14.0. The summed E-state index contributed by atoms with van der Waals surface area (Å²) in [4.78, 5) is 24.3. The van der Waals surface area contributed by atoms with Crippen molar-refractivity contribution in [2.45, 2.75) is 0 Å². The number of carbonyl (C=O) groups is 2. The van der Waals surface area contributed by atoms with Crippen molar-refractivity contribution < 1.29 is 38.0 Å². The predicted molar refractivity (Wildman–Crippen MR) is 103 cm³/mol. The number of esters is 1. The van der Waals surface area contributed by atoms with Gasteiger partial charge in [0.1, 0.15) is 18.1 Å². The zero-order valence-electron chi connectivity index (χ0n) is 16.4. The van der Waals surface area contributed by atoms with Crippen molar-refractivity contribution in [2.75, 3.05) is 35.0 Å². The molecule has 3 rings (SSSR count). The summed E-state index contributed by atoms with van der Waals surface area (Å²) in [5, 5.41) is 0. The Morgan fingerprint density at radius 2 is 1.76 bits per heavy atom. The van der Waals surface area contributed by atoms with Crippen LogP contribution in [0.25, 0.3) is 6.08 Å². The van der Waals surface area contributed by atoms with Crippen molar-refractivity contribution in [2.24, 2.45) is 0 Å². The second-order valence-electron chi connectivity index (χ2n) is 5.93. The fraction of sp³-hybridized carbons (Fsp3) is 0.238. The molecule has 2 aromatic rings. The molecule has 8 heteroatoms. The van der Waals surface area contributed by atoms with Gasteiger partial charge in [-0.3, -0.25) is 4.79 Å². The third-order valence-electron chi connectivity index (χ3n) is 4.16. The van der Waals surface area contributed by atoms with E-state index in [-0.39, 0.29) is 23.9 Å². The maximum atomic E-state index is 12.7. The molecular formula is C21H20O8. The maximum absolute atomic E-state index is 12.7. The van der Waals surface area contributed by atoms with Gasteiger partial charge in [0.2, 0.25) is 11.5 Å². The molecule has 0 amide bonds. The van der Waals surface area contributed by atoms with Crippen LogP contribution in [0.1, 0.15) is 15.9 Å². The molecule has 0 aliphatic carbocycles. The fourth-order valence-corrected chi connectivity index (χ4v) is 2.89. The van der Waals surface area contributed by atoms with E-state index in [1.54, 1.807) is 24.3 Å². The van der Waals surface area contributed by atoms with E-state index in [0.29, 0.717) is 34.1 Å². The second kappa shape index (κ2) is 8.66. The van der Waals surface area contributed by atoms with E-state index in [9.17, 15) is 9.59 Å². The zero-order chi connectivity index (χ0) is 21.0. The largest absolute Gasteiger partial charge is 0.493 e. The van der Waals surface area contributed by atoms with Crippen LogP contribution in [0.3, 0.4) is 0 Å². The first-order valence-corrected chi connectivity index (χ1v) is 8.59. The van der Waals surface area contributed by atoms with Crippen molar-refractivity contribution in [3.8, 4) is 28.7 Å². The molecule has 0 N–H and O–H groups in total. The molecular weight excluding hydrogens is 380 g/mol. The van der Waals surface area contributed by atoms with Gasteiger partial charge < -0.3 is 28.4 Å². The van der Waals surface area contributed by atoms with E-state index >= 15 is 0 Å². The lowest BCUT2D eigenvalue weighted by molar-refractivity contribution is -0.138. The Labute approximate surface area is 167 Å². The number of Topliss-reactive ketones (excluding diaryl/α,β-unsaturated/α-hetero) is 1. The van der Waals surface area contributed by atoms with Crippen LogP contribution in [-0.4, -0.2) is 46.8 Å². The number of hydrogen-bond donors (Lipinski definition) is 0. The Balaban J connectivity index is 1.92. The van der Waals surface area contributed by atoms with Gasteiger partial charge in [0, 0.05) is 18.7 Å². The molecule has 1 heterocycles. The summed E-state index contributed by atoms with van der Waals surface area (Å²) in [6, 6.07) is 7.97. The second-order valence-corrected chi connectivity index (χ2v) is 5.93. The van der Waals surface area contributed by atoms with E-state index in [0.717, 1.165) is 0 Å². The maximum Gasteiger partial charge on any atom is 0.337 e. The van der Waals surface area contributed by atoms with Crippen molar-refractivity contribution in [3.63, 3.8) is 0 Å². The number of carbonyl (C=O) groups excluding carboxylic acids is 2. The molecule has 0 bridgehead atoms. The van der Waals surface area contributed by atoms with Gasteiger partial charge in [0.25, 0.3) is 0 Å². The van der Waals surface area contributed by atoms with Crippen LogP contribution in [0.15, 0.2) is 36.1 Å². The smallest absolute Gasteiger partial charge is 0.337 e. The molecule has 8 nitrogen and oxygen atoms in total. The molecule has 0 saturated heterocycles. The van der Waals surface area contributed by atoms with Crippen LogP contribution >= 0.6 is 0 Å². The number of fused-ring (bicyclic) bond motifs is 1. The van der Waals surface area contributed by atoms with Crippen molar-refractivity contribution >= 4 is 17.8 Å². The van der Waals surface area contributed by atoms with Gasteiger partial charge in [-0.1, -0.05) is 0 Å². The highest BCUT2D eigenvalue weighted by atomic mass is 16.6. The number of rotatable bonds is 7. The van der Waals surface area contributed by atoms with Gasteiger partial charge in [0.05, 0.1) is 26.9 Å². The van der Waals surface area contributed by atoms with E-state index < -0.39 is 5.97 Å². The summed E-state index contributed by atoms with van der Waals surface area (Å²) in [6.45, 7) is -0.179. The molecule has 0 fully saturated rings. The average molecular weight is 400 g/mol. The summed E-state index contributed by atoms with van der Waals surface area (Å²) in [6.07, 6.45) is 1.56. The van der Waals surface area contributed by atoms with Crippen LogP contribution in [0, 0.1) is 0 Å². The topological polar surface area (TPSA) is 89.5 Å². The monoisotopic (exact) mass is 400 g/mol. The fourth-order valence-electron chi connectivity index (χ4n) is 2.89. The SMILES string of the molecule is COCC(=O)Oc1ccc2c(c1)O/C(=C\c1ccc(OC)c(OC)c1OC)C2=O. The number of ketones is 1. The van der Waals surface area contributed by atoms with Crippen molar-refractivity contribution in [1.82, 2.24) is 0 Å². The predicted octanol–water partition coefficient (Wildman–Crippen LogP) is 2.88. The van der Waals surface area contributed by atoms with E-state index in [4.69, 9.17) is 28.4 Å². The number of hydrogen-bond acceptors (Lipinski definition) is 8. The quantitative estimate of drug-likeness (QED) is 0.398. The van der Waals surface area contributed by atoms with E-state index in [2.05, 4.69) is 0 Å². The molecule has 0 unspecified atom stereocenters. The van der Waals surface area contributed by atoms with Crippen LogP contribution in [0.5, 0.6) is 28.7 Å². The first-order valence-electron chi connectivity index (χ1n) is 8.59. The number of benzene rings is 2. The lowest BCUT2D eigenvalue weighted by Gasteiger charge is -2.14. The van der Waals surface area contributed by atoms with Crippen molar-refractivity contribution in [1.29, 1.82) is 0 Å². The third-order valence-corrected chi connectivity index (χ3v) is 4.16. The Bertz CT molecular complexity index is 977. The molecule has 0 aromatic heterocycles. The highest BCUT2D eigenvalue weighted by molar-refractivity contribution is 6.14. The summed E-state index contributed by atoms with van der Waals surface area (Å²) in [5.74, 6) is 1.10. The molecule has 0 saturated carbocycles. The van der Waals surface area contributed by atoms with E-state index in [1.165, 1.54) is 40.6 Å².